The maximum absolute atomic E-state index is 11.6. The largest absolute Gasteiger partial charge is 0.450 e. The zero-order valence-electron chi connectivity index (χ0n) is 12.5. The van der Waals surface area contributed by atoms with Crippen molar-refractivity contribution in [2.45, 2.75) is 25.8 Å². The van der Waals surface area contributed by atoms with Crippen LogP contribution in [0.3, 0.4) is 0 Å². The Morgan fingerprint density at radius 1 is 1.33 bits per heavy atom. The number of rotatable bonds is 3. The van der Waals surface area contributed by atoms with Gasteiger partial charge in [-0.25, -0.2) is 4.79 Å². The van der Waals surface area contributed by atoms with E-state index >= 15 is 0 Å². The van der Waals surface area contributed by atoms with Crippen LogP contribution in [0.15, 0.2) is 30.3 Å². The number of piperidine rings is 1. The van der Waals surface area contributed by atoms with Crippen molar-refractivity contribution < 1.29 is 9.53 Å². The topological polar surface area (TPSA) is 41.6 Å². The molecule has 1 fully saturated rings. The molecule has 0 unspecified atom stereocenters. The minimum absolute atomic E-state index is 0.195. The second kappa shape index (κ2) is 8.33. The summed E-state index contributed by atoms with van der Waals surface area (Å²) in [4.78, 5) is 13.4. The Hall–Kier alpha value is -1.99. The van der Waals surface area contributed by atoms with Gasteiger partial charge in [-0.3, -0.25) is 0 Å². The van der Waals surface area contributed by atoms with Crippen LogP contribution in [0.4, 0.5) is 4.79 Å². The third-order valence-corrected chi connectivity index (χ3v) is 3.51. The first-order valence-electron chi connectivity index (χ1n) is 7.48. The predicted octanol–water partition coefficient (Wildman–Crippen LogP) is 2.25. The van der Waals surface area contributed by atoms with E-state index in [1.165, 1.54) is 0 Å². The first-order valence-corrected chi connectivity index (χ1v) is 7.48. The highest BCUT2D eigenvalue weighted by Crippen LogP contribution is 2.11. The van der Waals surface area contributed by atoms with E-state index in [-0.39, 0.29) is 6.09 Å². The van der Waals surface area contributed by atoms with Gasteiger partial charge in [-0.15, -0.1) is 0 Å². The number of carbonyl (C=O) groups is 1. The Bertz CT molecular complexity index is 497. The van der Waals surface area contributed by atoms with Crippen molar-refractivity contribution in [1.29, 1.82) is 0 Å². The number of hydrogen-bond donors (Lipinski definition) is 1. The van der Waals surface area contributed by atoms with Gasteiger partial charge in [0.05, 0.1) is 13.2 Å². The fourth-order valence-corrected chi connectivity index (χ4v) is 2.34. The summed E-state index contributed by atoms with van der Waals surface area (Å²) in [6, 6.07) is 10.4. The van der Waals surface area contributed by atoms with E-state index < -0.39 is 0 Å². The minimum atomic E-state index is -0.195. The highest BCUT2D eigenvalue weighted by atomic mass is 16.6. The Morgan fingerprint density at radius 3 is 2.71 bits per heavy atom. The van der Waals surface area contributed by atoms with Gasteiger partial charge in [0, 0.05) is 24.7 Å². The molecular formula is C17H22N2O2. The molecule has 1 saturated heterocycles. The van der Waals surface area contributed by atoms with Gasteiger partial charge in [-0.05, 0) is 31.9 Å². The fraction of sp³-hybridized carbons (Fsp3) is 0.471. The molecule has 1 heterocycles. The summed E-state index contributed by atoms with van der Waals surface area (Å²) < 4.78 is 5.01. The van der Waals surface area contributed by atoms with Gasteiger partial charge in [0.1, 0.15) is 0 Å². The molecule has 1 amide bonds. The number of amides is 1. The smallest absolute Gasteiger partial charge is 0.409 e. The molecule has 0 spiro atoms. The van der Waals surface area contributed by atoms with Crippen LogP contribution >= 0.6 is 0 Å². The van der Waals surface area contributed by atoms with Crippen molar-refractivity contribution in [3.8, 4) is 11.8 Å². The highest BCUT2D eigenvalue weighted by Gasteiger charge is 2.22. The molecular weight excluding hydrogens is 264 g/mol. The summed E-state index contributed by atoms with van der Waals surface area (Å²) in [5, 5.41) is 3.43. The molecule has 4 heteroatoms. The lowest BCUT2D eigenvalue weighted by atomic mass is 10.1. The Kier molecular flexibility index (Phi) is 6.11. The van der Waals surface area contributed by atoms with Crippen LogP contribution in [0.5, 0.6) is 0 Å². The average Bonchev–Trinajstić information content (AvgIpc) is 2.53. The lowest BCUT2D eigenvalue weighted by Gasteiger charge is -2.31. The van der Waals surface area contributed by atoms with Gasteiger partial charge in [0.25, 0.3) is 0 Å². The second-order valence-electron chi connectivity index (χ2n) is 5.01. The third-order valence-electron chi connectivity index (χ3n) is 3.51. The molecule has 1 aliphatic heterocycles. The van der Waals surface area contributed by atoms with Crippen LogP contribution in [0.1, 0.15) is 25.3 Å². The summed E-state index contributed by atoms with van der Waals surface area (Å²) in [6.45, 7) is 4.45. The molecule has 0 saturated carbocycles. The number of nitrogens with zero attached hydrogens (tertiary/aromatic N) is 1. The van der Waals surface area contributed by atoms with E-state index in [2.05, 4.69) is 17.2 Å². The molecule has 0 aromatic heterocycles. The molecule has 21 heavy (non-hydrogen) atoms. The first kappa shape index (κ1) is 15.4. The summed E-state index contributed by atoms with van der Waals surface area (Å²) in [6.07, 6.45) is 1.71. The zero-order chi connectivity index (χ0) is 14.9. The predicted molar refractivity (Wildman–Crippen MR) is 82.9 cm³/mol. The van der Waals surface area contributed by atoms with Gasteiger partial charge >= 0.3 is 6.09 Å². The van der Waals surface area contributed by atoms with E-state index in [9.17, 15) is 4.79 Å². The molecule has 2 rings (SSSR count). The quantitative estimate of drug-likeness (QED) is 0.867. The van der Waals surface area contributed by atoms with Crippen LogP contribution in [0.25, 0.3) is 0 Å². The van der Waals surface area contributed by atoms with Crippen LogP contribution in [0, 0.1) is 11.8 Å². The van der Waals surface area contributed by atoms with Gasteiger partial charge in [-0.1, -0.05) is 30.0 Å². The summed E-state index contributed by atoms with van der Waals surface area (Å²) in [5.74, 6) is 6.27. The number of hydrogen-bond acceptors (Lipinski definition) is 3. The lowest BCUT2D eigenvalue weighted by molar-refractivity contribution is 0.0954. The summed E-state index contributed by atoms with van der Waals surface area (Å²) in [7, 11) is 0. The van der Waals surface area contributed by atoms with Gasteiger partial charge < -0.3 is 15.0 Å². The van der Waals surface area contributed by atoms with E-state index in [0.717, 1.165) is 31.5 Å². The average molecular weight is 286 g/mol. The molecule has 1 aliphatic rings. The third kappa shape index (κ3) is 5.13. The molecule has 1 aromatic rings. The molecule has 1 N–H and O–H groups in total. The maximum Gasteiger partial charge on any atom is 0.409 e. The van der Waals surface area contributed by atoms with E-state index in [4.69, 9.17) is 4.74 Å². The molecule has 0 radical (unpaired) electrons. The second-order valence-corrected chi connectivity index (χ2v) is 5.01. The van der Waals surface area contributed by atoms with Crippen molar-refractivity contribution >= 4 is 6.09 Å². The molecule has 112 valence electrons. The fourth-order valence-electron chi connectivity index (χ4n) is 2.34. The van der Waals surface area contributed by atoms with Crippen LogP contribution in [0.2, 0.25) is 0 Å². The van der Waals surface area contributed by atoms with E-state index in [1.807, 2.05) is 37.3 Å². The molecule has 0 atom stereocenters. The lowest BCUT2D eigenvalue weighted by Crippen LogP contribution is -2.45. The van der Waals surface area contributed by atoms with Gasteiger partial charge in [0.2, 0.25) is 0 Å². The number of nitrogens with one attached hydrogen (secondary N) is 1. The highest BCUT2D eigenvalue weighted by molar-refractivity contribution is 5.67. The Morgan fingerprint density at radius 2 is 2.05 bits per heavy atom. The minimum Gasteiger partial charge on any atom is -0.450 e. The zero-order valence-corrected chi connectivity index (χ0v) is 12.5. The number of benzene rings is 1. The molecule has 1 aromatic carbocycles. The SMILES string of the molecule is CCOC(=O)N1CCC(NCC#Cc2ccccc2)CC1. The van der Waals surface area contributed by atoms with Crippen molar-refractivity contribution in [1.82, 2.24) is 10.2 Å². The van der Waals surface area contributed by atoms with Crippen molar-refractivity contribution in [3.05, 3.63) is 35.9 Å². The molecule has 4 nitrogen and oxygen atoms in total. The number of likely N-dealkylation sites (tertiary alicyclic amines) is 1. The van der Waals surface area contributed by atoms with Crippen LogP contribution in [-0.2, 0) is 4.74 Å². The molecule has 0 aliphatic carbocycles. The standard InChI is InChI=1S/C17H22N2O2/c1-2-21-17(20)19-13-10-16(11-14-19)18-12-6-9-15-7-4-3-5-8-15/h3-5,7-8,16,18H,2,10-14H2,1H3. The van der Waals surface area contributed by atoms with Crippen LogP contribution in [-0.4, -0.2) is 43.3 Å². The van der Waals surface area contributed by atoms with Gasteiger partial charge in [-0.2, -0.15) is 0 Å². The van der Waals surface area contributed by atoms with Gasteiger partial charge in [0.15, 0.2) is 0 Å². The van der Waals surface area contributed by atoms with E-state index in [1.54, 1.807) is 4.90 Å². The monoisotopic (exact) mass is 286 g/mol. The summed E-state index contributed by atoms with van der Waals surface area (Å²) in [5.41, 5.74) is 1.04. The Labute approximate surface area is 126 Å². The normalized spacial score (nSPS) is 15.2. The Balaban J connectivity index is 1.68. The van der Waals surface area contributed by atoms with Crippen molar-refractivity contribution in [2.24, 2.45) is 0 Å². The van der Waals surface area contributed by atoms with Crippen molar-refractivity contribution in [2.75, 3.05) is 26.2 Å². The van der Waals surface area contributed by atoms with E-state index in [0.29, 0.717) is 19.2 Å². The number of carbonyl (C=O) groups excluding carboxylic acids is 1. The number of ether oxygens (including phenoxy) is 1. The summed E-state index contributed by atoms with van der Waals surface area (Å²) >= 11 is 0. The van der Waals surface area contributed by atoms with Crippen molar-refractivity contribution in [3.63, 3.8) is 0 Å². The molecule has 0 bridgehead atoms. The maximum atomic E-state index is 11.6. The first-order chi connectivity index (χ1) is 10.3. The van der Waals surface area contributed by atoms with Crippen LogP contribution < -0.4 is 5.32 Å².